The summed E-state index contributed by atoms with van der Waals surface area (Å²) in [5.74, 6) is 0.857. The van der Waals surface area contributed by atoms with E-state index >= 15 is 0 Å². The Morgan fingerprint density at radius 3 is 1.22 bits per heavy atom. The van der Waals surface area contributed by atoms with Gasteiger partial charge in [0.25, 0.3) is 0 Å². The molecular formula is C21H36O2. The zero-order chi connectivity index (χ0) is 17.7. The predicted molar refractivity (Wildman–Crippen MR) is 97.2 cm³/mol. The highest BCUT2D eigenvalue weighted by Gasteiger charge is 2.48. The number of aliphatic hydroxyl groups excluding tert-OH is 2. The van der Waals surface area contributed by atoms with Crippen LogP contribution in [0.1, 0.15) is 74.7 Å². The molecule has 0 radical (unpaired) electrons. The van der Waals surface area contributed by atoms with Gasteiger partial charge in [-0.05, 0) is 63.5 Å². The van der Waals surface area contributed by atoms with Crippen LogP contribution in [0.2, 0.25) is 0 Å². The fourth-order valence-corrected chi connectivity index (χ4v) is 5.12. The fourth-order valence-electron chi connectivity index (χ4n) is 5.12. The zero-order valence-electron chi connectivity index (χ0n) is 16.3. The first-order valence-corrected chi connectivity index (χ1v) is 9.19. The summed E-state index contributed by atoms with van der Waals surface area (Å²) in [5, 5.41) is 21.4. The van der Waals surface area contributed by atoms with Crippen molar-refractivity contribution in [3.05, 3.63) is 22.3 Å². The van der Waals surface area contributed by atoms with Gasteiger partial charge in [-0.25, -0.2) is 0 Å². The van der Waals surface area contributed by atoms with Crippen molar-refractivity contribution in [1.82, 2.24) is 0 Å². The third-order valence-corrected chi connectivity index (χ3v) is 8.02. The van der Waals surface area contributed by atoms with Gasteiger partial charge in [-0.15, -0.1) is 0 Å². The molecule has 0 spiro atoms. The number of rotatable bonds is 4. The monoisotopic (exact) mass is 320 g/mol. The Hall–Kier alpha value is -0.600. The van der Waals surface area contributed by atoms with Gasteiger partial charge in [0, 0.05) is 10.8 Å². The molecule has 0 amide bonds. The van der Waals surface area contributed by atoms with E-state index in [4.69, 9.17) is 0 Å². The van der Waals surface area contributed by atoms with Crippen molar-refractivity contribution in [2.75, 3.05) is 0 Å². The highest BCUT2D eigenvalue weighted by Crippen LogP contribution is 2.53. The van der Waals surface area contributed by atoms with Crippen molar-refractivity contribution in [3.63, 3.8) is 0 Å². The van der Waals surface area contributed by atoms with Crippen LogP contribution in [0.25, 0.3) is 0 Å². The van der Waals surface area contributed by atoms with E-state index in [1.807, 2.05) is 0 Å². The van der Waals surface area contributed by atoms with Crippen LogP contribution in [0.3, 0.4) is 0 Å². The van der Waals surface area contributed by atoms with Crippen molar-refractivity contribution < 1.29 is 10.2 Å². The normalized spacial score (nSPS) is 44.6. The van der Waals surface area contributed by atoms with E-state index in [2.05, 4.69) is 55.4 Å². The molecule has 0 aromatic rings. The lowest BCUT2D eigenvalue weighted by Crippen LogP contribution is -2.36. The van der Waals surface area contributed by atoms with Crippen molar-refractivity contribution in [2.24, 2.45) is 22.7 Å². The molecule has 0 bridgehead atoms. The number of allylic oxidation sites excluding steroid dienone is 2. The Morgan fingerprint density at radius 1 is 0.696 bits per heavy atom. The molecule has 132 valence electrons. The summed E-state index contributed by atoms with van der Waals surface area (Å²) in [6, 6.07) is 0. The van der Waals surface area contributed by atoms with Gasteiger partial charge in [0.05, 0.1) is 12.2 Å². The lowest BCUT2D eigenvalue weighted by Gasteiger charge is -2.38. The average molecular weight is 321 g/mol. The van der Waals surface area contributed by atoms with Gasteiger partial charge < -0.3 is 10.2 Å². The van der Waals surface area contributed by atoms with Gasteiger partial charge in [-0.1, -0.05) is 45.3 Å². The number of hydrogen-bond acceptors (Lipinski definition) is 2. The minimum Gasteiger partial charge on any atom is -0.388 e. The average Bonchev–Trinajstić information content (AvgIpc) is 2.76. The molecule has 0 fully saturated rings. The molecule has 2 nitrogen and oxygen atoms in total. The third kappa shape index (κ3) is 2.62. The molecule has 2 heteroatoms. The van der Waals surface area contributed by atoms with Crippen LogP contribution in [0, 0.1) is 22.7 Å². The second kappa shape index (κ2) is 6.04. The van der Waals surface area contributed by atoms with Crippen LogP contribution in [-0.4, -0.2) is 22.4 Å². The Morgan fingerprint density at radius 2 is 1.00 bits per heavy atom. The maximum Gasteiger partial charge on any atom is 0.0809 e. The molecule has 0 saturated carbocycles. The second-order valence-electron chi connectivity index (χ2n) is 8.85. The van der Waals surface area contributed by atoms with Crippen LogP contribution >= 0.6 is 0 Å². The molecule has 2 N–H and O–H groups in total. The molecule has 0 aromatic carbocycles. The number of aliphatic hydroxyl groups is 2. The molecule has 2 aliphatic rings. The van der Waals surface area contributed by atoms with Crippen LogP contribution in [0.15, 0.2) is 22.3 Å². The first kappa shape index (κ1) is 18.7. The molecule has 6 unspecified atom stereocenters. The van der Waals surface area contributed by atoms with Gasteiger partial charge in [0.15, 0.2) is 0 Å². The third-order valence-electron chi connectivity index (χ3n) is 8.02. The van der Waals surface area contributed by atoms with Crippen LogP contribution in [-0.2, 0) is 0 Å². The van der Waals surface area contributed by atoms with Crippen molar-refractivity contribution in [3.8, 4) is 0 Å². The van der Waals surface area contributed by atoms with E-state index in [0.717, 1.165) is 30.4 Å². The Balaban J connectivity index is 2.04. The van der Waals surface area contributed by atoms with Crippen LogP contribution in [0.4, 0.5) is 0 Å². The highest BCUT2D eigenvalue weighted by atomic mass is 16.3. The van der Waals surface area contributed by atoms with E-state index in [1.165, 1.54) is 11.1 Å². The van der Waals surface area contributed by atoms with E-state index in [-0.39, 0.29) is 23.0 Å². The zero-order valence-corrected chi connectivity index (χ0v) is 16.3. The van der Waals surface area contributed by atoms with Gasteiger partial charge in [-0.2, -0.15) is 0 Å². The topological polar surface area (TPSA) is 40.5 Å². The number of hydrogen-bond donors (Lipinski definition) is 2. The van der Waals surface area contributed by atoms with Crippen molar-refractivity contribution in [1.29, 1.82) is 0 Å². The maximum atomic E-state index is 10.7. The Bertz CT molecular complexity index is 456. The quantitative estimate of drug-likeness (QED) is 0.726. The summed E-state index contributed by atoms with van der Waals surface area (Å²) in [4.78, 5) is 0. The van der Waals surface area contributed by atoms with E-state index in [9.17, 15) is 10.2 Å². The maximum absolute atomic E-state index is 10.7. The molecule has 23 heavy (non-hydrogen) atoms. The van der Waals surface area contributed by atoms with Crippen molar-refractivity contribution in [2.45, 2.75) is 86.9 Å². The first-order valence-electron chi connectivity index (χ1n) is 9.19. The summed E-state index contributed by atoms with van der Waals surface area (Å²) in [5.41, 5.74) is 4.91. The Kier molecular flexibility index (Phi) is 4.92. The molecule has 2 rings (SSSR count). The smallest absolute Gasteiger partial charge is 0.0809 e. The first-order chi connectivity index (χ1) is 10.5. The fraction of sp³-hybridized carbons (Fsp3) is 0.810. The van der Waals surface area contributed by atoms with E-state index in [0.29, 0.717) is 11.8 Å². The minimum atomic E-state index is -0.321. The minimum absolute atomic E-state index is 0.0607. The van der Waals surface area contributed by atoms with Crippen molar-refractivity contribution >= 4 is 0 Å². The highest BCUT2D eigenvalue weighted by molar-refractivity contribution is 5.30. The summed E-state index contributed by atoms with van der Waals surface area (Å²) in [6.07, 6.45) is 2.43. The van der Waals surface area contributed by atoms with Gasteiger partial charge in [-0.3, -0.25) is 0 Å². The van der Waals surface area contributed by atoms with Crippen LogP contribution in [0.5, 0.6) is 0 Å². The summed E-state index contributed by atoms with van der Waals surface area (Å²) in [7, 11) is 0. The van der Waals surface area contributed by atoms with Crippen LogP contribution < -0.4 is 0 Å². The predicted octanol–water partition coefficient (Wildman–Crippen LogP) is 4.86. The van der Waals surface area contributed by atoms with E-state index in [1.54, 1.807) is 0 Å². The summed E-state index contributed by atoms with van der Waals surface area (Å²) < 4.78 is 0. The second-order valence-corrected chi connectivity index (χ2v) is 8.85. The molecule has 6 atom stereocenters. The molecule has 0 aliphatic heterocycles. The molecule has 0 saturated heterocycles. The largest absolute Gasteiger partial charge is 0.388 e. The van der Waals surface area contributed by atoms with E-state index < -0.39 is 0 Å². The molecule has 0 heterocycles. The summed E-state index contributed by atoms with van der Waals surface area (Å²) >= 11 is 0. The van der Waals surface area contributed by atoms with Gasteiger partial charge in [0.2, 0.25) is 0 Å². The lowest BCUT2D eigenvalue weighted by atomic mass is 9.68. The standard InChI is InChI=1S/C21H36O2/c1-12-14(3)18(22)20(7,16(12)5)10-9-11-21(8)17(6)13(2)15(4)19(21)23/h16-19,22-23H,9-11H2,1-8H3. The molecule has 2 aliphatic carbocycles. The molecular weight excluding hydrogens is 284 g/mol. The SMILES string of the molecule is CC1=C(C)C(O)C(C)(CCCC2(C)C(C)C(C)=C(C)C2O)C1C. The molecule has 0 aromatic heterocycles. The summed E-state index contributed by atoms with van der Waals surface area (Å²) in [6.45, 7) is 17.4. The lowest BCUT2D eigenvalue weighted by molar-refractivity contribution is 0.0224. The van der Waals surface area contributed by atoms with Gasteiger partial charge in [0.1, 0.15) is 0 Å². The van der Waals surface area contributed by atoms with Gasteiger partial charge >= 0.3 is 0 Å². The Labute approximate surface area is 142 Å².